The van der Waals surface area contributed by atoms with E-state index in [2.05, 4.69) is 13.5 Å². The maximum Gasteiger partial charge on any atom is 0.207 e. The minimum Gasteiger partial charge on any atom is -0.361 e. The normalized spacial score (nSPS) is 16.9. The van der Waals surface area contributed by atoms with Crippen molar-refractivity contribution in [1.82, 2.24) is 0 Å². The Bertz CT molecular complexity index is 828. The summed E-state index contributed by atoms with van der Waals surface area (Å²) >= 11 is 0. The number of benzene rings is 2. The van der Waals surface area contributed by atoms with Crippen LogP contribution in [0.3, 0.4) is 0 Å². The van der Waals surface area contributed by atoms with E-state index in [1.54, 1.807) is 24.3 Å². The Morgan fingerprint density at radius 1 is 1.04 bits per heavy atom. The van der Waals surface area contributed by atoms with Gasteiger partial charge in [0, 0.05) is 11.1 Å². The van der Waals surface area contributed by atoms with Gasteiger partial charge in [0.15, 0.2) is 0 Å². The van der Waals surface area contributed by atoms with Gasteiger partial charge in [-0.25, -0.2) is 8.42 Å². The largest absolute Gasteiger partial charge is 0.361 e. The van der Waals surface area contributed by atoms with Crippen LogP contribution in [0.1, 0.15) is 37.8 Å². The molecule has 2 aromatic rings. The molecule has 0 amide bonds. The minimum atomic E-state index is -3.53. The van der Waals surface area contributed by atoms with Crippen molar-refractivity contribution in [2.24, 2.45) is 0 Å². The lowest BCUT2D eigenvalue weighted by Crippen LogP contribution is -2.38. The summed E-state index contributed by atoms with van der Waals surface area (Å²) in [5.41, 5.74) is 1.61. The maximum absolute atomic E-state index is 13.1. The molecule has 2 aromatic carbocycles. The van der Waals surface area contributed by atoms with E-state index >= 15 is 0 Å². The van der Waals surface area contributed by atoms with Gasteiger partial charge in [-0.1, -0.05) is 61.9 Å². The topological polar surface area (TPSA) is 43.4 Å². The lowest BCUT2D eigenvalue weighted by Gasteiger charge is -2.40. The van der Waals surface area contributed by atoms with Crippen LogP contribution in [0.15, 0.2) is 70.5 Å². The molecule has 0 saturated heterocycles. The van der Waals surface area contributed by atoms with Gasteiger partial charge < -0.3 is 4.74 Å². The van der Waals surface area contributed by atoms with Crippen LogP contribution in [-0.4, -0.2) is 15.0 Å². The maximum atomic E-state index is 13.1. The molecule has 3 rings (SSSR count). The van der Waals surface area contributed by atoms with Crippen molar-refractivity contribution in [3.05, 3.63) is 71.8 Å². The molecule has 1 aliphatic rings. The monoisotopic (exact) mass is 342 g/mol. The SMILES string of the molecule is C=C(C)COC1(CCC)c2ccccc2S(=O)(=O)c2ccccc21. The average molecular weight is 342 g/mol. The summed E-state index contributed by atoms with van der Waals surface area (Å²) in [7, 11) is -3.53. The van der Waals surface area contributed by atoms with Crippen LogP contribution in [0.4, 0.5) is 0 Å². The van der Waals surface area contributed by atoms with E-state index in [1.807, 2.05) is 31.2 Å². The summed E-state index contributed by atoms with van der Waals surface area (Å²) < 4.78 is 32.5. The molecule has 0 atom stereocenters. The van der Waals surface area contributed by atoms with Crippen LogP contribution in [0.5, 0.6) is 0 Å². The molecule has 0 saturated carbocycles. The van der Waals surface area contributed by atoms with Gasteiger partial charge in [0.05, 0.1) is 16.4 Å². The van der Waals surface area contributed by atoms with Crippen LogP contribution in [0, 0.1) is 0 Å². The number of hydrogen-bond acceptors (Lipinski definition) is 3. The minimum absolute atomic E-state index is 0.346. The summed E-state index contributed by atoms with van der Waals surface area (Å²) in [5, 5.41) is 0. The second-order valence-corrected chi connectivity index (χ2v) is 8.21. The molecule has 0 fully saturated rings. The van der Waals surface area contributed by atoms with Crippen molar-refractivity contribution in [3.8, 4) is 0 Å². The highest BCUT2D eigenvalue weighted by molar-refractivity contribution is 7.91. The molecule has 126 valence electrons. The molecule has 0 spiro atoms. The number of ether oxygens (including phenoxy) is 1. The molecule has 0 unspecified atom stereocenters. The first-order chi connectivity index (χ1) is 11.4. The lowest BCUT2D eigenvalue weighted by molar-refractivity contribution is -0.0178. The Hall–Kier alpha value is -1.91. The van der Waals surface area contributed by atoms with Crippen molar-refractivity contribution in [2.75, 3.05) is 6.61 Å². The molecule has 0 aliphatic carbocycles. The summed E-state index contributed by atoms with van der Waals surface area (Å²) in [4.78, 5) is 0.692. The van der Waals surface area contributed by atoms with E-state index in [-0.39, 0.29) is 0 Å². The zero-order chi connectivity index (χ0) is 17.4. The first-order valence-electron chi connectivity index (χ1n) is 8.16. The third-order valence-electron chi connectivity index (χ3n) is 4.39. The number of sulfone groups is 1. The van der Waals surface area contributed by atoms with E-state index < -0.39 is 15.4 Å². The van der Waals surface area contributed by atoms with Crippen LogP contribution >= 0.6 is 0 Å². The molecule has 0 N–H and O–H groups in total. The molecule has 1 heterocycles. The Kier molecular flexibility index (Phi) is 4.37. The van der Waals surface area contributed by atoms with Crippen LogP contribution in [0.2, 0.25) is 0 Å². The van der Waals surface area contributed by atoms with Crippen molar-refractivity contribution >= 4 is 9.84 Å². The summed E-state index contributed by atoms with van der Waals surface area (Å²) in [6.07, 6.45) is 1.59. The van der Waals surface area contributed by atoms with Gasteiger partial charge in [-0.3, -0.25) is 0 Å². The fourth-order valence-electron chi connectivity index (χ4n) is 3.43. The quantitative estimate of drug-likeness (QED) is 0.753. The summed E-state index contributed by atoms with van der Waals surface area (Å²) in [6.45, 7) is 8.32. The summed E-state index contributed by atoms with van der Waals surface area (Å²) in [5.74, 6) is 0. The van der Waals surface area contributed by atoms with Crippen molar-refractivity contribution in [2.45, 2.75) is 42.1 Å². The van der Waals surface area contributed by atoms with E-state index in [0.717, 1.165) is 23.1 Å². The molecule has 0 radical (unpaired) electrons. The highest BCUT2D eigenvalue weighted by Crippen LogP contribution is 2.49. The van der Waals surface area contributed by atoms with Crippen LogP contribution < -0.4 is 0 Å². The highest BCUT2D eigenvalue weighted by atomic mass is 32.2. The van der Waals surface area contributed by atoms with Gasteiger partial charge >= 0.3 is 0 Å². The van der Waals surface area contributed by atoms with Crippen molar-refractivity contribution < 1.29 is 13.2 Å². The Balaban J connectivity index is 2.35. The van der Waals surface area contributed by atoms with Crippen LogP contribution in [0.25, 0.3) is 0 Å². The second-order valence-electron chi connectivity index (χ2n) is 6.32. The lowest BCUT2D eigenvalue weighted by atomic mass is 9.81. The van der Waals surface area contributed by atoms with E-state index in [1.165, 1.54) is 0 Å². The van der Waals surface area contributed by atoms with Crippen molar-refractivity contribution in [3.63, 3.8) is 0 Å². The van der Waals surface area contributed by atoms with Gasteiger partial charge in [-0.05, 0) is 25.5 Å². The Morgan fingerprint density at radius 2 is 1.54 bits per heavy atom. The van der Waals surface area contributed by atoms with E-state index in [9.17, 15) is 8.42 Å². The third-order valence-corrected chi connectivity index (χ3v) is 6.26. The molecule has 24 heavy (non-hydrogen) atoms. The van der Waals surface area contributed by atoms with Gasteiger partial charge in [-0.2, -0.15) is 0 Å². The van der Waals surface area contributed by atoms with E-state index in [0.29, 0.717) is 22.8 Å². The van der Waals surface area contributed by atoms with Gasteiger partial charge in [0.2, 0.25) is 9.84 Å². The molecule has 1 aliphatic heterocycles. The smallest absolute Gasteiger partial charge is 0.207 e. The number of hydrogen-bond donors (Lipinski definition) is 0. The predicted octanol–water partition coefficient (Wildman–Crippen LogP) is 4.47. The summed E-state index contributed by atoms with van der Waals surface area (Å²) in [6, 6.07) is 14.4. The standard InChI is InChI=1S/C20H22O3S/c1-4-13-20(23-14-15(2)3)16-9-5-7-11-18(16)24(21,22)19-12-8-6-10-17(19)20/h5-12H,2,4,13-14H2,1,3H3. The zero-order valence-corrected chi connectivity index (χ0v) is 14.9. The molecular weight excluding hydrogens is 320 g/mol. The number of fused-ring (bicyclic) bond motifs is 2. The Morgan fingerprint density at radius 3 is 2.00 bits per heavy atom. The average Bonchev–Trinajstić information content (AvgIpc) is 2.58. The first kappa shape index (κ1) is 16.9. The Labute approximate surface area is 143 Å². The predicted molar refractivity (Wildman–Crippen MR) is 94.8 cm³/mol. The molecule has 0 aromatic heterocycles. The third kappa shape index (κ3) is 2.50. The first-order valence-corrected chi connectivity index (χ1v) is 9.64. The fourth-order valence-corrected chi connectivity index (χ4v) is 5.23. The van der Waals surface area contributed by atoms with Crippen molar-refractivity contribution in [1.29, 1.82) is 0 Å². The second kappa shape index (κ2) is 6.19. The van der Waals surface area contributed by atoms with Gasteiger partial charge in [-0.15, -0.1) is 0 Å². The molecule has 4 heteroatoms. The van der Waals surface area contributed by atoms with Gasteiger partial charge in [0.25, 0.3) is 0 Å². The van der Waals surface area contributed by atoms with E-state index in [4.69, 9.17) is 4.74 Å². The highest BCUT2D eigenvalue weighted by Gasteiger charge is 2.46. The fraction of sp³-hybridized carbons (Fsp3) is 0.300. The zero-order valence-electron chi connectivity index (χ0n) is 14.1. The molecule has 3 nitrogen and oxygen atoms in total. The molecule has 0 bridgehead atoms. The number of rotatable bonds is 5. The molecular formula is C20H22O3S. The van der Waals surface area contributed by atoms with Crippen LogP contribution in [-0.2, 0) is 20.2 Å². The van der Waals surface area contributed by atoms with Gasteiger partial charge in [0.1, 0.15) is 5.60 Å².